The maximum atomic E-state index is 11.5. The lowest BCUT2D eigenvalue weighted by atomic mass is 10.1. The fraction of sp³-hybridized carbons (Fsp3) is 0.778. The molecule has 0 aromatic rings. The summed E-state index contributed by atoms with van der Waals surface area (Å²) in [6, 6.07) is 0. The summed E-state index contributed by atoms with van der Waals surface area (Å²) in [4.78, 5) is 22.4. The van der Waals surface area contributed by atoms with Crippen LogP contribution in [0, 0.1) is 5.92 Å². The number of ether oxygens (including phenoxy) is 2. The van der Waals surface area contributed by atoms with Gasteiger partial charge in [-0.15, -0.1) is 11.6 Å². The molecule has 1 aliphatic heterocycles. The third-order valence-electron chi connectivity index (χ3n) is 2.21. The Balaban J connectivity index is 2.24. The number of esters is 1. The zero-order valence-corrected chi connectivity index (χ0v) is 9.25. The van der Waals surface area contributed by atoms with Gasteiger partial charge < -0.3 is 14.8 Å². The van der Waals surface area contributed by atoms with Crippen LogP contribution in [0.2, 0.25) is 0 Å². The van der Waals surface area contributed by atoms with Gasteiger partial charge in [0, 0.05) is 13.2 Å². The second-order valence-electron chi connectivity index (χ2n) is 3.30. The van der Waals surface area contributed by atoms with E-state index in [1.54, 1.807) is 0 Å². The summed E-state index contributed by atoms with van der Waals surface area (Å²) in [6.07, 6.45) is 0.719. The first-order valence-corrected chi connectivity index (χ1v) is 5.16. The van der Waals surface area contributed by atoms with Crippen molar-refractivity contribution in [2.24, 2.45) is 5.92 Å². The molecule has 1 fully saturated rings. The van der Waals surface area contributed by atoms with Gasteiger partial charge in [0.2, 0.25) is 5.91 Å². The quantitative estimate of drug-likeness (QED) is 0.547. The first kappa shape index (κ1) is 12.3. The molecule has 0 aliphatic carbocycles. The number of carbonyl (C=O) groups excluding carboxylic acids is 2. The molecule has 1 N–H and O–H groups in total. The highest BCUT2D eigenvalue weighted by Gasteiger charge is 2.24. The molecule has 1 aliphatic rings. The summed E-state index contributed by atoms with van der Waals surface area (Å²) < 4.78 is 9.49. The fourth-order valence-corrected chi connectivity index (χ4v) is 1.45. The lowest BCUT2D eigenvalue weighted by Crippen LogP contribution is -2.37. The second kappa shape index (κ2) is 5.92. The van der Waals surface area contributed by atoms with Gasteiger partial charge in [-0.3, -0.25) is 9.59 Å². The second-order valence-corrected chi connectivity index (χ2v) is 3.82. The van der Waals surface area contributed by atoms with Gasteiger partial charge >= 0.3 is 5.97 Å². The van der Waals surface area contributed by atoms with Gasteiger partial charge in [-0.1, -0.05) is 0 Å². The Morgan fingerprint density at radius 2 is 2.40 bits per heavy atom. The number of halogens is 1. The monoisotopic (exact) mass is 235 g/mol. The van der Waals surface area contributed by atoms with Crippen molar-refractivity contribution in [2.45, 2.75) is 11.8 Å². The van der Waals surface area contributed by atoms with Crippen molar-refractivity contribution in [1.82, 2.24) is 5.32 Å². The van der Waals surface area contributed by atoms with Crippen LogP contribution in [0.15, 0.2) is 0 Å². The smallest absolute Gasteiger partial charge is 0.325 e. The van der Waals surface area contributed by atoms with Gasteiger partial charge in [0.25, 0.3) is 0 Å². The average molecular weight is 236 g/mol. The van der Waals surface area contributed by atoms with Crippen LogP contribution in [-0.2, 0) is 19.1 Å². The number of alkyl halides is 1. The van der Waals surface area contributed by atoms with E-state index in [1.165, 1.54) is 7.11 Å². The highest BCUT2D eigenvalue weighted by atomic mass is 35.5. The van der Waals surface area contributed by atoms with E-state index in [9.17, 15) is 9.59 Å². The minimum absolute atomic E-state index is 0.0869. The van der Waals surface area contributed by atoms with E-state index >= 15 is 0 Å². The first-order valence-electron chi connectivity index (χ1n) is 4.72. The van der Waals surface area contributed by atoms with E-state index in [0.29, 0.717) is 13.2 Å². The van der Waals surface area contributed by atoms with Crippen molar-refractivity contribution in [2.75, 3.05) is 26.9 Å². The van der Waals surface area contributed by atoms with E-state index in [-0.39, 0.29) is 18.4 Å². The molecule has 1 saturated heterocycles. The zero-order chi connectivity index (χ0) is 11.3. The predicted octanol–water partition coefficient (Wildman–Crippen LogP) is -0.0805. The minimum Gasteiger partial charge on any atom is -0.468 e. The van der Waals surface area contributed by atoms with Gasteiger partial charge in [-0.25, -0.2) is 0 Å². The molecular weight excluding hydrogens is 222 g/mol. The minimum atomic E-state index is -0.832. The summed E-state index contributed by atoms with van der Waals surface area (Å²) in [7, 11) is 1.25. The summed E-state index contributed by atoms with van der Waals surface area (Å²) in [6.45, 7) is 1.14. The van der Waals surface area contributed by atoms with E-state index < -0.39 is 11.3 Å². The number of hydrogen-bond donors (Lipinski definition) is 1. The molecule has 2 atom stereocenters. The molecule has 0 spiro atoms. The Kier molecular flexibility index (Phi) is 4.84. The summed E-state index contributed by atoms with van der Waals surface area (Å²) in [5, 5.41) is 1.76. The normalized spacial score (nSPS) is 22.1. The molecule has 6 heteroatoms. The van der Waals surface area contributed by atoms with Crippen LogP contribution in [-0.4, -0.2) is 44.1 Å². The topological polar surface area (TPSA) is 64.6 Å². The Hall–Kier alpha value is -0.810. The highest BCUT2D eigenvalue weighted by molar-refractivity contribution is 6.30. The maximum Gasteiger partial charge on any atom is 0.325 e. The predicted molar refractivity (Wildman–Crippen MR) is 53.6 cm³/mol. The number of hydrogen-bond acceptors (Lipinski definition) is 4. The lowest BCUT2D eigenvalue weighted by Gasteiger charge is -2.11. The molecule has 86 valence electrons. The van der Waals surface area contributed by atoms with Crippen LogP contribution < -0.4 is 5.32 Å². The molecular formula is C9H14ClNO4. The van der Waals surface area contributed by atoms with Crippen LogP contribution >= 0.6 is 11.6 Å². The van der Waals surface area contributed by atoms with Crippen LogP contribution in [0.25, 0.3) is 0 Å². The Morgan fingerprint density at radius 3 is 2.93 bits per heavy atom. The van der Waals surface area contributed by atoms with Crippen molar-refractivity contribution >= 4 is 23.5 Å². The third-order valence-corrected chi connectivity index (χ3v) is 2.55. The Bertz CT molecular complexity index is 240. The fourth-order valence-electron chi connectivity index (χ4n) is 1.29. The number of amides is 1. The van der Waals surface area contributed by atoms with Gasteiger partial charge in [0.05, 0.1) is 19.6 Å². The highest BCUT2D eigenvalue weighted by Crippen LogP contribution is 2.12. The van der Waals surface area contributed by atoms with E-state index in [1.807, 2.05) is 0 Å². The van der Waals surface area contributed by atoms with Crippen LogP contribution in [0.4, 0.5) is 0 Å². The molecule has 0 aromatic heterocycles. The Morgan fingerprint density at radius 1 is 1.67 bits per heavy atom. The molecule has 1 rings (SSSR count). The van der Waals surface area contributed by atoms with Crippen molar-refractivity contribution in [3.63, 3.8) is 0 Å². The van der Waals surface area contributed by atoms with Crippen molar-refractivity contribution in [3.05, 3.63) is 0 Å². The van der Waals surface area contributed by atoms with Crippen molar-refractivity contribution in [3.8, 4) is 0 Å². The Labute approximate surface area is 93.1 Å². The summed E-state index contributed by atoms with van der Waals surface area (Å²) in [5.74, 6) is -0.784. The van der Waals surface area contributed by atoms with Crippen molar-refractivity contribution in [1.29, 1.82) is 0 Å². The zero-order valence-electron chi connectivity index (χ0n) is 8.49. The molecule has 0 bridgehead atoms. The van der Waals surface area contributed by atoms with E-state index in [0.717, 1.165) is 6.42 Å². The maximum absolute atomic E-state index is 11.5. The van der Waals surface area contributed by atoms with Crippen LogP contribution in [0.1, 0.15) is 6.42 Å². The van der Waals surface area contributed by atoms with E-state index in [4.69, 9.17) is 16.3 Å². The molecule has 0 saturated carbocycles. The molecule has 1 amide bonds. The average Bonchev–Trinajstić information content (AvgIpc) is 2.77. The van der Waals surface area contributed by atoms with Gasteiger partial charge in [-0.2, -0.15) is 0 Å². The standard InChI is InChI=1S/C9H14ClNO4/c1-14-9(13)7(10)4-11-8(12)6-2-3-15-5-6/h6-7H,2-5H2,1H3,(H,11,12). The number of carbonyl (C=O) groups is 2. The van der Waals surface area contributed by atoms with Crippen LogP contribution in [0.3, 0.4) is 0 Å². The lowest BCUT2D eigenvalue weighted by molar-refractivity contribution is -0.140. The SMILES string of the molecule is COC(=O)C(Cl)CNC(=O)C1CCOC1. The van der Waals surface area contributed by atoms with Gasteiger partial charge in [-0.05, 0) is 6.42 Å². The first-order chi connectivity index (χ1) is 7.15. The van der Waals surface area contributed by atoms with Crippen molar-refractivity contribution < 1.29 is 19.1 Å². The van der Waals surface area contributed by atoms with E-state index in [2.05, 4.69) is 10.1 Å². The molecule has 0 aromatic carbocycles. The molecule has 2 unspecified atom stereocenters. The number of nitrogens with one attached hydrogen (secondary N) is 1. The molecule has 1 heterocycles. The summed E-state index contributed by atoms with van der Waals surface area (Å²) >= 11 is 5.66. The molecule has 15 heavy (non-hydrogen) atoms. The third kappa shape index (κ3) is 3.68. The number of methoxy groups -OCH3 is 1. The van der Waals surface area contributed by atoms with Crippen LogP contribution in [0.5, 0.6) is 0 Å². The van der Waals surface area contributed by atoms with Gasteiger partial charge in [0.1, 0.15) is 5.38 Å². The largest absolute Gasteiger partial charge is 0.468 e. The molecule has 0 radical (unpaired) electrons. The number of rotatable bonds is 4. The summed E-state index contributed by atoms with van der Waals surface area (Å²) in [5.41, 5.74) is 0. The molecule has 5 nitrogen and oxygen atoms in total. The van der Waals surface area contributed by atoms with Gasteiger partial charge in [0.15, 0.2) is 0 Å².